The summed E-state index contributed by atoms with van der Waals surface area (Å²) >= 11 is 1.75. The first kappa shape index (κ1) is 16.8. The third kappa shape index (κ3) is 7.21. The van der Waals surface area contributed by atoms with E-state index in [2.05, 4.69) is 37.9 Å². The lowest BCUT2D eigenvalue weighted by molar-refractivity contribution is -0.129. The molecule has 1 rings (SSSR count). The molecular weight excluding hydrogens is 256 g/mol. The van der Waals surface area contributed by atoms with E-state index in [1.807, 2.05) is 0 Å². The highest BCUT2D eigenvalue weighted by Crippen LogP contribution is 2.23. The maximum atomic E-state index is 12.3. The van der Waals surface area contributed by atoms with Gasteiger partial charge in [-0.15, -0.1) is 11.8 Å². The van der Waals surface area contributed by atoms with Gasteiger partial charge in [0.2, 0.25) is 5.91 Å². The Balaban J connectivity index is 2.43. The Hall–Kier alpha value is -0.220. The molecule has 1 aliphatic heterocycles. The molecule has 19 heavy (non-hydrogen) atoms. The molecule has 1 unspecified atom stereocenters. The van der Waals surface area contributed by atoms with Crippen LogP contribution in [-0.4, -0.2) is 47.5 Å². The number of amides is 1. The Morgan fingerprint density at radius 2 is 2.16 bits per heavy atom. The molecule has 0 aromatic heterocycles. The molecule has 1 saturated heterocycles. The first-order chi connectivity index (χ1) is 8.92. The van der Waals surface area contributed by atoms with E-state index >= 15 is 0 Å². The van der Waals surface area contributed by atoms with Gasteiger partial charge in [-0.25, -0.2) is 0 Å². The molecule has 1 amide bonds. The van der Waals surface area contributed by atoms with Gasteiger partial charge in [0.1, 0.15) is 0 Å². The van der Waals surface area contributed by atoms with Crippen molar-refractivity contribution >= 4 is 17.7 Å². The Morgan fingerprint density at radius 3 is 2.68 bits per heavy atom. The number of hydrogen-bond acceptors (Lipinski definition) is 3. The molecule has 0 aromatic rings. The van der Waals surface area contributed by atoms with Crippen LogP contribution in [0.4, 0.5) is 0 Å². The van der Waals surface area contributed by atoms with Gasteiger partial charge in [-0.1, -0.05) is 27.7 Å². The summed E-state index contributed by atoms with van der Waals surface area (Å²) in [6, 6.07) is 0. The van der Waals surface area contributed by atoms with Crippen LogP contribution in [0.3, 0.4) is 0 Å². The van der Waals surface area contributed by atoms with E-state index in [0.29, 0.717) is 17.6 Å². The third-order valence-corrected chi connectivity index (χ3v) is 4.61. The molecule has 0 bridgehead atoms. The molecule has 1 aliphatic rings. The number of rotatable bonds is 6. The maximum absolute atomic E-state index is 12.3. The fourth-order valence-electron chi connectivity index (χ4n) is 2.35. The fraction of sp³-hybridized carbons (Fsp3) is 0.933. The molecular formula is C15H30N2OS. The minimum Gasteiger partial charge on any atom is -0.342 e. The van der Waals surface area contributed by atoms with E-state index < -0.39 is 0 Å². The van der Waals surface area contributed by atoms with Gasteiger partial charge in [-0.3, -0.25) is 4.79 Å². The van der Waals surface area contributed by atoms with E-state index in [1.165, 1.54) is 12.8 Å². The SMILES string of the molecule is CCCN(CC1CCCNC1)C(=O)CSC(C)(C)C. The summed E-state index contributed by atoms with van der Waals surface area (Å²) in [6.45, 7) is 12.7. The zero-order valence-electron chi connectivity index (χ0n) is 13.0. The van der Waals surface area contributed by atoms with Crippen LogP contribution in [0.5, 0.6) is 0 Å². The van der Waals surface area contributed by atoms with Crippen molar-refractivity contribution < 1.29 is 4.79 Å². The first-order valence-electron chi connectivity index (χ1n) is 7.55. The monoisotopic (exact) mass is 286 g/mol. The Labute approximate surface area is 122 Å². The largest absolute Gasteiger partial charge is 0.342 e. The lowest BCUT2D eigenvalue weighted by Gasteiger charge is -2.30. The standard InChI is InChI=1S/C15H30N2OS/c1-5-9-17(11-13-7-6-8-16-10-13)14(18)12-19-15(2,3)4/h13,16H,5-12H2,1-4H3. The maximum Gasteiger partial charge on any atom is 0.232 e. The molecule has 4 heteroatoms. The molecule has 3 nitrogen and oxygen atoms in total. The minimum atomic E-state index is 0.167. The Morgan fingerprint density at radius 1 is 1.42 bits per heavy atom. The predicted octanol–water partition coefficient (Wildman–Crippen LogP) is 2.76. The van der Waals surface area contributed by atoms with Gasteiger partial charge in [0.25, 0.3) is 0 Å². The van der Waals surface area contributed by atoms with Crippen molar-refractivity contribution in [2.75, 3.05) is 31.9 Å². The minimum absolute atomic E-state index is 0.167. The zero-order chi connectivity index (χ0) is 14.3. The number of thioether (sulfide) groups is 1. The topological polar surface area (TPSA) is 32.3 Å². The molecule has 0 saturated carbocycles. The number of hydrogen-bond donors (Lipinski definition) is 1. The van der Waals surface area contributed by atoms with Gasteiger partial charge in [-0.05, 0) is 38.3 Å². The van der Waals surface area contributed by atoms with Gasteiger partial charge in [-0.2, -0.15) is 0 Å². The van der Waals surface area contributed by atoms with Crippen LogP contribution in [0.1, 0.15) is 47.0 Å². The zero-order valence-corrected chi connectivity index (χ0v) is 13.8. The summed E-state index contributed by atoms with van der Waals surface area (Å²) in [4.78, 5) is 14.4. The van der Waals surface area contributed by atoms with Gasteiger partial charge >= 0.3 is 0 Å². The highest BCUT2D eigenvalue weighted by atomic mass is 32.2. The summed E-state index contributed by atoms with van der Waals surface area (Å²) < 4.78 is 0.167. The third-order valence-electron chi connectivity index (χ3n) is 3.35. The number of nitrogens with one attached hydrogen (secondary N) is 1. The second kappa shape index (κ2) is 8.15. The van der Waals surface area contributed by atoms with Crippen molar-refractivity contribution in [3.63, 3.8) is 0 Å². The van der Waals surface area contributed by atoms with Gasteiger partial charge < -0.3 is 10.2 Å². The van der Waals surface area contributed by atoms with Crippen LogP contribution in [0.25, 0.3) is 0 Å². The summed E-state index contributed by atoms with van der Waals surface area (Å²) in [7, 11) is 0. The van der Waals surface area contributed by atoms with Crippen molar-refractivity contribution in [1.82, 2.24) is 10.2 Å². The van der Waals surface area contributed by atoms with Gasteiger partial charge in [0, 0.05) is 17.8 Å². The number of nitrogens with zero attached hydrogens (tertiary/aromatic N) is 1. The number of carbonyl (C=O) groups is 1. The normalized spacial score (nSPS) is 20.3. The summed E-state index contributed by atoms with van der Waals surface area (Å²) in [5, 5.41) is 3.43. The van der Waals surface area contributed by atoms with Gasteiger partial charge in [0.15, 0.2) is 0 Å². The van der Waals surface area contributed by atoms with Crippen LogP contribution >= 0.6 is 11.8 Å². The second-order valence-electron chi connectivity index (χ2n) is 6.45. The van der Waals surface area contributed by atoms with Crippen LogP contribution in [0.2, 0.25) is 0 Å². The summed E-state index contributed by atoms with van der Waals surface area (Å²) in [6.07, 6.45) is 3.55. The molecule has 0 radical (unpaired) electrons. The fourth-order valence-corrected chi connectivity index (χ4v) is 3.09. The smallest absolute Gasteiger partial charge is 0.232 e. The predicted molar refractivity (Wildman–Crippen MR) is 84.7 cm³/mol. The molecule has 1 fully saturated rings. The average molecular weight is 286 g/mol. The number of carbonyl (C=O) groups excluding carboxylic acids is 1. The van der Waals surface area contributed by atoms with Crippen molar-refractivity contribution in [2.45, 2.75) is 51.7 Å². The second-order valence-corrected chi connectivity index (χ2v) is 8.26. The van der Waals surface area contributed by atoms with Gasteiger partial charge in [0.05, 0.1) is 5.75 Å². The van der Waals surface area contributed by atoms with Crippen LogP contribution < -0.4 is 5.32 Å². The molecule has 0 spiro atoms. The molecule has 112 valence electrons. The van der Waals surface area contributed by atoms with E-state index in [4.69, 9.17) is 0 Å². The van der Waals surface area contributed by atoms with E-state index in [9.17, 15) is 4.79 Å². The lowest BCUT2D eigenvalue weighted by Crippen LogP contribution is -2.42. The summed E-state index contributed by atoms with van der Waals surface area (Å²) in [5.41, 5.74) is 0. The van der Waals surface area contributed by atoms with Crippen molar-refractivity contribution in [3.8, 4) is 0 Å². The quantitative estimate of drug-likeness (QED) is 0.815. The Kier molecular flexibility index (Phi) is 7.22. The van der Waals surface area contributed by atoms with E-state index in [-0.39, 0.29) is 4.75 Å². The molecule has 1 N–H and O–H groups in total. The van der Waals surface area contributed by atoms with E-state index in [1.54, 1.807) is 11.8 Å². The van der Waals surface area contributed by atoms with E-state index in [0.717, 1.165) is 32.6 Å². The molecule has 1 atom stereocenters. The van der Waals surface area contributed by atoms with Crippen molar-refractivity contribution in [3.05, 3.63) is 0 Å². The average Bonchev–Trinajstić information content (AvgIpc) is 2.36. The molecule has 0 aromatic carbocycles. The van der Waals surface area contributed by atoms with Crippen molar-refractivity contribution in [1.29, 1.82) is 0 Å². The lowest BCUT2D eigenvalue weighted by atomic mass is 9.99. The number of piperidine rings is 1. The molecule has 0 aliphatic carbocycles. The molecule has 1 heterocycles. The van der Waals surface area contributed by atoms with Crippen LogP contribution in [-0.2, 0) is 4.79 Å². The highest BCUT2D eigenvalue weighted by Gasteiger charge is 2.21. The van der Waals surface area contributed by atoms with Crippen molar-refractivity contribution in [2.24, 2.45) is 5.92 Å². The first-order valence-corrected chi connectivity index (χ1v) is 8.53. The van der Waals surface area contributed by atoms with Crippen LogP contribution in [0.15, 0.2) is 0 Å². The Bertz CT molecular complexity index is 270. The summed E-state index contributed by atoms with van der Waals surface area (Å²) in [5.74, 6) is 1.57. The van der Waals surface area contributed by atoms with Crippen LogP contribution in [0, 0.1) is 5.92 Å². The highest BCUT2D eigenvalue weighted by molar-refractivity contribution is 8.01.